The maximum Gasteiger partial charge on any atom is 0.309 e. The van der Waals surface area contributed by atoms with Gasteiger partial charge in [0.15, 0.2) is 0 Å². The lowest BCUT2D eigenvalue weighted by Crippen LogP contribution is -2.00. The Morgan fingerprint density at radius 1 is 1.17 bits per heavy atom. The SMILES string of the molecule is Cc1ccc(COc2ccccc2-c2nc(CC(=O)O)cs2)cc1. The third kappa shape index (κ3) is 4.00. The molecule has 0 aliphatic heterocycles. The van der Waals surface area contributed by atoms with E-state index in [1.807, 2.05) is 36.4 Å². The molecule has 0 atom stereocenters. The van der Waals surface area contributed by atoms with E-state index in [0.717, 1.165) is 21.9 Å². The highest BCUT2D eigenvalue weighted by Crippen LogP contribution is 2.32. The van der Waals surface area contributed by atoms with Crippen LogP contribution in [0.15, 0.2) is 53.9 Å². The molecule has 3 rings (SSSR count). The van der Waals surface area contributed by atoms with E-state index >= 15 is 0 Å². The molecule has 0 saturated carbocycles. The molecular weight excluding hydrogens is 322 g/mol. The molecule has 0 fully saturated rings. The fraction of sp³-hybridized carbons (Fsp3) is 0.158. The molecule has 0 spiro atoms. The van der Waals surface area contributed by atoms with Crippen molar-refractivity contribution in [1.29, 1.82) is 0 Å². The first-order valence-electron chi connectivity index (χ1n) is 7.56. The highest BCUT2D eigenvalue weighted by molar-refractivity contribution is 7.13. The number of benzene rings is 2. The molecule has 0 aliphatic carbocycles. The molecule has 3 aromatic rings. The number of hydrogen-bond donors (Lipinski definition) is 1. The molecule has 24 heavy (non-hydrogen) atoms. The van der Waals surface area contributed by atoms with Crippen molar-refractivity contribution >= 4 is 17.3 Å². The second kappa shape index (κ2) is 7.27. The Labute approximate surface area is 144 Å². The zero-order valence-corrected chi connectivity index (χ0v) is 14.0. The van der Waals surface area contributed by atoms with E-state index in [0.29, 0.717) is 12.3 Å². The first-order chi connectivity index (χ1) is 11.6. The number of carboxylic acid groups (broad SMARTS) is 1. The van der Waals surface area contributed by atoms with Crippen molar-refractivity contribution < 1.29 is 14.6 Å². The molecule has 1 heterocycles. The predicted molar refractivity (Wildman–Crippen MR) is 94.4 cm³/mol. The highest BCUT2D eigenvalue weighted by atomic mass is 32.1. The number of nitrogens with zero attached hydrogens (tertiary/aromatic N) is 1. The lowest BCUT2D eigenvalue weighted by molar-refractivity contribution is -0.136. The van der Waals surface area contributed by atoms with Gasteiger partial charge in [-0.3, -0.25) is 4.79 Å². The van der Waals surface area contributed by atoms with Gasteiger partial charge in [0.2, 0.25) is 0 Å². The molecule has 1 aromatic heterocycles. The van der Waals surface area contributed by atoms with Crippen molar-refractivity contribution in [2.24, 2.45) is 0 Å². The lowest BCUT2D eigenvalue weighted by atomic mass is 10.1. The highest BCUT2D eigenvalue weighted by Gasteiger charge is 2.12. The van der Waals surface area contributed by atoms with Crippen LogP contribution in [0.3, 0.4) is 0 Å². The van der Waals surface area contributed by atoms with Crippen LogP contribution in [0, 0.1) is 6.92 Å². The molecule has 2 aromatic carbocycles. The van der Waals surface area contributed by atoms with Crippen LogP contribution < -0.4 is 4.74 Å². The van der Waals surface area contributed by atoms with Gasteiger partial charge in [0.1, 0.15) is 17.4 Å². The Hall–Kier alpha value is -2.66. The smallest absolute Gasteiger partial charge is 0.309 e. The number of thiazole rings is 1. The van der Waals surface area contributed by atoms with Gasteiger partial charge >= 0.3 is 5.97 Å². The summed E-state index contributed by atoms with van der Waals surface area (Å²) in [4.78, 5) is 15.2. The summed E-state index contributed by atoms with van der Waals surface area (Å²) in [5.74, 6) is -0.134. The zero-order valence-electron chi connectivity index (χ0n) is 13.2. The molecule has 0 amide bonds. The average molecular weight is 339 g/mol. The summed E-state index contributed by atoms with van der Waals surface area (Å²) in [6, 6.07) is 15.9. The van der Waals surface area contributed by atoms with Crippen LogP contribution in [0.4, 0.5) is 0 Å². The molecule has 0 radical (unpaired) electrons. The van der Waals surface area contributed by atoms with E-state index in [2.05, 4.69) is 24.0 Å². The van der Waals surface area contributed by atoms with Crippen LogP contribution in [0.5, 0.6) is 5.75 Å². The first kappa shape index (κ1) is 16.2. The Kier molecular flexibility index (Phi) is 4.91. The minimum atomic E-state index is -0.879. The fourth-order valence-electron chi connectivity index (χ4n) is 2.28. The van der Waals surface area contributed by atoms with Gasteiger partial charge < -0.3 is 9.84 Å². The number of carboxylic acids is 1. The molecule has 1 N–H and O–H groups in total. The Balaban J connectivity index is 1.78. The van der Waals surface area contributed by atoms with Gasteiger partial charge in [-0.05, 0) is 24.6 Å². The number of carbonyl (C=O) groups is 1. The van der Waals surface area contributed by atoms with Crippen molar-refractivity contribution in [2.45, 2.75) is 20.0 Å². The number of rotatable bonds is 6. The molecule has 0 saturated heterocycles. The second-order valence-electron chi connectivity index (χ2n) is 5.48. The summed E-state index contributed by atoms with van der Waals surface area (Å²) >= 11 is 1.43. The summed E-state index contributed by atoms with van der Waals surface area (Å²) in [6.07, 6.45) is -0.0666. The van der Waals surface area contributed by atoms with Crippen LogP contribution in [0.1, 0.15) is 16.8 Å². The molecule has 0 bridgehead atoms. The topological polar surface area (TPSA) is 59.4 Å². The van der Waals surface area contributed by atoms with Crippen molar-refractivity contribution in [2.75, 3.05) is 0 Å². The number of para-hydroxylation sites is 1. The van der Waals surface area contributed by atoms with Crippen LogP contribution >= 0.6 is 11.3 Å². The quantitative estimate of drug-likeness (QED) is 0.726. The lowest BCUT2D eigenvalue weighted by Gasteiger charge is -2.10. The summed E-state index contributed by atoms with van der Waals surface area (Å²) in [6.45, 7) is 2.53. The predicted octanol–water partition coefficient (Wildman–Crippen LogP) is 4.32. The summed E-state index contributed by atoms with van der Waals surface area (Å²) in [5.41, 5.74) is 3.76. The Morgan fingerprint density at radius 3 is 2.67 bits per heavy atom. The van der Waals surface area contributed by atoms with E-state index in [9.17, 15) is 4.79 Å². The van der Waals surface area contributed by atoms with Crippen LogP contribution in [0.25, 0.3) is 10.6 Å². The fourth-order valence-corrected chi connectivity index (χ4v) is 3.13. The van der Waals surface area contributed by atoms with Crippen molar-refractivity contribution in [3.8, 4) is 16.3 Å². The van der Waals surface area contributed by atoms with Crippen LogP contribution in [0.2, 0.25) is 0 Å². The summed E-state index contributed by atoms with van der Waals surface area (Å²) < 4.78 is 5.96. The van der Waals surface area contributed by atoms with E-state index in [-0.39, 0.29) is 6.42 Å². The maximum atomic E-state index is 10.8. The largest absolute Gasteiger partial charge is 0.488 e. The van der Waals surface area contributed by atoms with Gasteiger partial charge in [-0.15, -0.1) is 11.3 Å². The van der Waals surface area contributed by atoms with Crippen molar-refractivity contribution in [3.63, 3.8) is 0 Å². The minimum Gasteiger partial charge on any atom is -0.488 e. The summed E-state index contributed by atoms with van der Waals surface area (Å²) in [7, 11) is 0. The molecule has 0 unspecified atom stereocenters. The Morgan fingerprint density at radius 2 is 1.92 bits per heavy atom. The third-order valence-corrected chi connectivity index (χ3v) is 4.44. The number of hydrogen-bond acceptors (Lipinski definition) is 4. The van der Waals surface area contributed by atoms with Gasteiger partial charge in [-0.1, -0.05) is 42.0 Å². The van der Waals surface area contributed by atoms with Gasteiger partial charge in [-0.2, -0.15) is 0 Å². The van der Waals surface area contributed by atoms with E-state index in [1.54, 1.807) is 5.38 Å². The monoisotopic (exact) mass is 339 g/mol. The van der Waals surface area contributed by atoms with E-state index in [1.165, 1.54) is 16.9 Å². The maximum absolute atomic E-state index is 10.8. The number of aryl methyl sites for hydroxylation is 1. The molecule has 5 heteroatoms. The van der Waals surface area contributed by atoms with E-state index < -0.39 is 5.97 Å². The van der Waals surface area contributed by atoms with Crippen molar-refractivity contribution in [1.82, 2.24) is 4.98 Å². The van der Waals surface area contributed by atoms with E-state index in [4.69, 9.17) is 9.84 Å². The van der Waals surface area contributed by atoms with Gasteiger partial charge in [0.25, 0.3) is 0 Å². The van der Waals surface area contributed by atoms with Gasteiger partial charge in [-0.25, -0.2) is 4.98 Å². The summed E-state index contributed by atoms with van der Waals surface area (Å²) in [5, 5.41) is 11.4. The number of aliphatic carboxylic acids is 1. The normalized spacial score (nSPS) is 10.5. The molecule has 0 aliphatic rings. The van der Waals surface area contributed by atoms with Gasteiger partial charge in [0.05, 0.1) is 17.7 Å². The molecular formula is C19H17NO3S. The minimum absolute atomic E-state index is 0.0666. The standard InChI is InChI=1S/C19H17NO3S/c1-13-6-8-14(9-7-13)11-23-17-5-3-2-4-16(17)19-20-15(12-24-19)10-18(21)22/h2-9,12H,10-11H2,1H3,(H,21,22). The number of ether oxygens (including phenoxy) is 1. The molecule has 4 nitrogen and oxygen atoms in total. The number of aromatic nitrogens is 1. The average Bonchev–Trinajstić information content (AvgIpc) is 3.02. The molecule has 122 valence electrons. The van der Waals surface area contributed by atoms with Crippen LogP contribution in [-0.4, -0.2) is 16.1 Å². The second-order valence-corrected chi connectivity index (χ2v) is 6.34. The zero-order chi connectivity index (χ0) is 16.9. The Bertz CT molecular complexity index is 840. The first-order valence-corrected chi connectivity index (χ1v) is 8.44. The van der Waals surface area contributed by atoms with Crippen LogP contribution in [-0.2, 0) is 17.8 Å². The van der Waals surface area contributed by atoms with Crippen molar-refractivity contribution in [3.05, 3.63) is 70.7 Å². The third-order valence-electron chi connectivity index (χ3n) is 3.52. The van der Waals surface area contributed by atoms with Gasteiger partial charge in [0, 0.05) is 5.38 Å².